The monoisotopic (exact) mass is 264 g/mol. The molecule has 0 unspecified atom stereocenters. The zero-order chi connectivity index (χ0) is 14.2. The molecule has 0 nitrogen and oxygen atoms in total. The van der Waals surface area contributed by atoms with Gasteiger partial charge in [-0.2, -0.15) is 0 Å². The number of hydrogen-bond acceptors (Lipinski definition) is 0. The maximum atomic E-state index is 2.42. The normalized spacial score (nSPS) is 14.9. The van der Waals surface area contributed by atoms with Gasteiger partial charge in [0.15, 0.2) is 0 Å². The van der Waals surface area contributed by atoms with E-state index in [1.165, 1.54) is 27.8 Å². The first-order valence-electron chi connectivity index (χ1n) is 7.72. The molecule has 0 aliphatic heterocycles. The van der Waals surface area contributed by atoms with Gasteiger partial charge in [-0.25, -0.2) is 0 Å². The summed E-state index contributed by atoms with van der Waals surface area (Å²) in [7, 11) is 0. The van der Waals surface area contributed by atoms with Crippen LogP contribution in [-0.4, -0.2) is 0 Å². The van der Waals surface area contributed by atoms with E-state index in [1.54, 1.807) is 0 Å². The standard InChI is InChI=1S/C20H24/c1-20(2,3)19-13-17-10-8-15-4-5-16(7-6-15)9-11-18(12-17)14-19/h4-7,12-14H,8-11H2,1-3H3. The van der Waals surface area contributed by atoms with Gasteiger partial charge in [-0.15, -0.1) is 0 Å². The fraction of sp³-hybridized carbons (Fsp3) is 0.400. The molecular formula is C20H24. The van der Waals surface area contributed by atoms with Crippen LogP contribution in [0.15, 0.2) is 42.5 Å². The number of hydrogen-bond donors (Lipinski definition) is 0. The predicted octanol–water partition coefficient (Wildman–Crippen LogP) is 4.87. The minimum absolute atomic E-state index is 0.237. The third-order valence-corrected chi connectivity index (χ3v) is 4.35. The van der Waals surface area contributed by atoms with E-state index >= 15 is 0 Å². The molecule has 2 aromatic carbocycles. The van der Waals surface area contributed by atoms with E-state index in [2.05, 4.69) is 63.2 Å². The van der Waals surface area contributed by atoms with Gasteiger partial charge in [0.1, 0.15) is 0 Å². The predicted molar refractivity (Wildman–Crippen MR) is 86.4 cm³/mol. The summed E-state index contributed by atoms with van der Waals surface area (Å²) < 4.78 is 0. The Kier molecular flexibility index (Phi) is 3.41. The minimum Gasteiger partial charge on any atom is -0.0588 e. The van der Waals surface area contributed by atoms with Crippen LogP contribution in [0.25, 0.3) is 0 Å². The number of aryl methyl sites for hydroxylation is 4. The zero-order valence-corrected chi connectivity index (χ0v) is 12.9. The molecule has 2 aliphatic rings. The van der Waals surface area contributed by atoms with Gasteiger partial charge in [-0.1, -0.05) is 63.2 Å². The van der Waals surface area contributed by atoms with Gasteiger partial charge in [0.05, 0.1) is 0 Å². The van der Waals surface area contributed by atoms with Crippen molar-refractivity contribution < 1.29 is 0 Å². The minimum atomic E-state index is 0.237. The average Bonchev–Trinajstić information content (AvgIpc) is 2.46. The summed E-state index contributed by atoms with van der Waals surface area (Å²) in [6, 6.07) is 16.4. The van der Waals surface area contributed by atoms with Crippen LogP contribution in [0.2, 0.25) is 0 Å². The molecule has 0 amide bonds. The topological polar surface area (TPSA) is 0 Å². The highest BCUT2D eigenvalue weighted by Gasteiger charge is 2.15. The van der Waals surface area contributed by atoms with Gasteiger partial charge in [0.2, 0.25) is 0 Å². The molecule has 0 saturated carbocycles. The Labute approximate surface area is 122 Å². The average molecular weight is 264 g/mol. The van der Waals surface area contributed by atoms with Crippen LogP contribution in [0.1, 0.15) is 48.6 Å². The van der Waals surface area contributed by atoms with Gasteiger partial charge < -0.3 is 0 Å². The number of fused-ring (bicyclic) bond motifs is 4. The third-order valence-electron chi connectivity index (χ3n) is 4.35. The third kappa shape index (κ3) is 2.95. The van der Waals surface area contributed by atoms with Crippen molar-refractivity contribution in [3.8, 4) is 0 Å². The second kappa shape index (κ2) is 5.09. The molecule has 0 aromatic heterocycles. The van der Waals surface area contributed by atoms with E-state index in [0.717, 1.165) is 25.7 Å². The SMILES string of the molecule is CC(C)(C)c1cc2cc(c1)CCc1ccc(cc1)CC2. The smallest absolute Gasteiger partial charge is 0.0132 e. The van der Waals surface area contributed by atoms with Crippen molar-refractivity contribution in [2.75, 3.05) is 0 Å². The van der Waals surface area contributed by atoms with E-state index in [9.17, 15) is 0 Å². The van der Waals surface area contributed by atoms with Gasteiger partial charge >= 0.3 is 0 Å². The lowest BCUT2D eigenvalue weighted by Crippen LogP contribution is -2.12. The largest absolute Gasteiger partial charge is 0.0588 e. The molecule has 0 saturated heterocycles. The van der Waals surface area contributed by atoms with E-state index < -0.39 is 0 Å². The molecule has 0 atom stereocenters. The van der Waals surface area contributed by atoms with Gasteiger partial charge in [-0.3, -0.25) is 0 Å². The lowest BCUT2D eigenvalue weighted by atomic mass is 9.84. The molecule has 20 heavy (non-hydrogen) atoms. The molecule has 104 valence electrons. The van der Waals surface area contributed by atoms with Crippen molar-refractivity contribution in [2.45, 2.75) is 51.9 Å². The molecule has 4 rings (SSSR count). The summed E-state index contributed by atoms with van der Waals surface area (Å²) >= 11 is 0. The molecule has 0 spiro atoms. The van der Waals surface area contributed by atoms with Crippen LogP contribution >= 0.6 is 0 Å². The lowest BCUT2D eigenvalue weighted by Gasteiger charge is -2.21. The molecule has 0 N–H and O–H groups in total. The van der Waals surface area contributed by atoms with E-state index in [1.807, 2.05) is 0 Å². The Balaban J connectivity index is 2.01. The van der Waals surface area contributed by atoms with Crippen molar-refractivity contribution in [3.05, 3.63) is 70.3 Å². The number of rotatable bonds is 0. The Morgan fingerprint density at radius 1 is 0.600 bits per heavy atom. The van der Waals surface area contributed by atoms with Crippen molar-refractivity contribution >= 4 is 0 Å². The summed E-state index contributed by atoms with van der Waals surface area (Å²) in [6.45, 7) is 6.93. The highest BCUT2D eigenvalue weighted by atomic mass is 14.2. The zero-order valence-electron chi connectivity index (χ0n) is 12.9. The second-order valence-electron chi connectivity index (χ2n) is 7.10. The molecular weight excluding hydrogens is 240 g/mol. The summed E-state index contributed by atoms with van der Waals surface area (Å²) in [5.74, 6) is 0. The Bertz CT molecular complexity index is 552. The van der Waals surface area contributed by atoms with Gasteiger partial charge in [-0.05, 0) is 58.9 Å². The Morgan fingerprint density at radius 3 is 1.40 bits per heavy atom. The molecule has 4 bridgehead atoms. The van der Waals surface area contributed by atoms with Crippen LogP contribution in [0, 0.1) is 0 Å². The molecule has 0 radical (unpaired) electrons. The first kappa shape index (κ1) is 13.4. The van der Waals surface area contributed by atoms with Crippen molar-refractivity contribution in [2.24, 2.45) is 0 Å². The van der Waals surface area contributed by atoms with Crippen LogP contribution in [0.5, 0.6) is 0 Å². The maximum absolute atomic E-state index is 2.42. The first-order chi connectivity index (χ1) is 9.50. The highest BCUT2D eigenvalue weighted by Crippen LogP contribution is 2.26. The Hall–Kier alpha value is -1.56. The van der Waals surface area contributed by atoms with Crippen LogP contribution < -0.4 is 0 Å². The van der Waals surface area contributed by atoms with Gasteiger partial charge in [0.25, 0.3) is 0 Å². The summed E-state index contributed by atoms with van der Waals surface area (Å²) in [5, 5.41) is 0. The van der Waals surface area contributed by atoms with Crippen molar-refractivity contribution in [3.63, 3.8) is 0 Å². The van der Waals surface area contributed by atoms with Crippen molar-refractivity contribution in [1.82, 2.24) is 0 Å². The molecule has 2 aliphatic carbocycles. The summed E-state index contributed by atoms with van der Waals surface area (Å²) in [5.41, 5.74) is 7.62. The van der Waals surface area contributed by atoms with Crippen LogP contribution in [0.4, 0.5) is 0 Å². The highest BCUT2D eigenvalue weighted by molar-refractivity contribution is 5.36. The molecule has 2 aromatic rings. The lowest BCUT2D eigenvalue weighted by molar-refractivity contribution is 0.588. The van der Waals surface area contributed by atoms with Crippen LogP contribution in [-0.2, 0) is 31.1 Å². The van der Waals surface area contributed by atoms with E-state index in [-0.39, 0.29) is 5.41 Å². The van der Waals surface area contributed by atoms with E-state index in [0.29, 0.717) is 0 Å². The maximum Gasteiger partial charge on any atom is -0.0132 e. The molecule has 0 heterocycles. The summed E-state index contributed by atoms with van der Waals surface area (Å²) in [4.78, 5) is 0. The molecule has 0 heteroatoms. The Morgan fingerprint density at radius 2 is 1.00 bits per heavy atom. The first-order valence-corrected chi connectivity index (χ1v) is 7.72. The fourth-order valence-corrected chi connectivity index (χ4v) is 2.93. The van der Waals surface area contributed by atoms with Crippen molar-refractivity contribution in [1.29, 1.82) is 0 Å². The van der Waals surface area contributed by atoms with Gasteiger partial charge in [0, 0.05) is 0 Å². The quantitative estimate of drug-likeness (QED) is 0.637. The van der Waals surface area contributed by atoms with E-state index in [4.69, 9.17) is 0 Å². The fourth-order valence-electron chi connectivity index (χ4n) is 2.93. The second-order valence-corrected chi connectivity index (χ2v) is 7.10. The number of benzene rings is 2. The molecule has 0 fully saturated rings. The summed E-state index contributed by atoms with van der Waals surface area (Å²) in [6.07, 6.45) is 4.59. The van der Waals surface area contributed by atoms with Crippen LogP contribution in [0.3, 0.4) is 0 Å².